The summed E-state index contributed by atoms with van der Waals surface area (Å²) in [6.45, 7) is 3.26. The van der Waals surface area contributed by atoms with Gasteiger partial charge in [0.05, 0.1) is 46.1 Å². The van der Waals surface area contributed by atoms with E-state index >= 15 is 0 Å². The van der Waals surface area contributed by atoms with Crippen LogP contribution in [-0.2, 0) is 19.4 Å². The van der Waals surface area contributed by atoms with E-state index in [9.17, 15) is 25.4 Å². The number of nitriles is 1. The third-order valence-corrected chi connectivity index (χ3v) is 11.5. The summed E-state index contributed by atoms with van der Waals surface area (Å²) in [4.78, 5) is 18.4. The number of hydrogen-bond donors (Lipinski definition) is 4. The van der Waals surface area contributed by atoms with Gasteiger partial charge in [-0.15, -0.1) is 0 Å². The van der Waals surface area contributed by atoms with Crippen LogP contribution in [0.2, 0.25) is 0 Å². The Hall–Kier alpha value is -5.28. The number of nitrogens with one attached hydrogen (secondary N) is 1. The first kappa shape index (κ1) is 35.1. The molecule has 1 fully saturated rings. The zero-order valence-corrected chi connectivity index (χ0v) is 30.2. The van der Waals surface area contributed by atoms with Gasteiger partial charge in [0.15, 0.2) is 11.5 Å². The number of fused-ring (bicyclic) bond motifs is 7. The van der Waals surface area contributed by atoms with Gasteiger partial charge in [0.1, 0.15) is 23.3 Å². The SMILES string of the molecule is COc1c(C)c(OC)c2c(c1O)[C@H]1[C@@H]3Cc4c(OC)c(C)c(CO)c(O)c4[C@H](CNC(=O)c4ccccc4-c4ccccc4)N3[C@@H](C#N)C(C2)N1C. The second kappa shape index (κ2) is 13.7. The second-order valence-electron chi connectivity index (χ2n) is 13.8. The van der Waals surface area contributed by atoms with Crippen LogP contribution in [0.5, 0.6) is 28.7 Å². The minimum absolute atomic E-state index is 0.0243. The standard InChI is InChI=1S/C41H44N4O7/c1-21-28(20-46)36(47)33-26(38(21)50-4)17-30-35-34-27(39(51-5)22(2)40(52-6)37(34)48)16-29(44(35)3)31(18-42)45(30)32(33)19-43-41(49)25-15-11-10-14-24(25)23-12-8-7-9-13-23/h7-15,29-32,35,46-48H,16-17,19-20H2,1-6H3,(H,43,49)/t29?,30-,31-,32-,35+/m0/s1. The van der Waals surface area contributed by atoms with Gasteiger partial charge >= 0.3 is 0 Å². The van der Waals surface area contributed by atoms with Crippen LogP contribution in [0.15, 0.2) is 54.6 Å². The summed E-state index contributed by atoms with van der Waals surface area (Å²) < 4.78 is 17.7. The van der Waals surface area contributed by atoms with Crippen molar-refractivity contribution in [2.75, 3.05) is 34.9 Å². The van der Waals surface area contributed by atoms with Crippen molar-refractivity contribution in [1.82, 2.24) is 15.1 Å². The highest BCUT2D eigenvalue weighted by atomic mass is 16.5. The number of ether oxygens (including phenoxy) is 3. The molecule has 3 heterocycles. The van der Waals surface area contributed by atoms with Gasteiger partial charge < -0.3 is 34.8 Å². The number of methoxy groups -OCH3 is 3. The average Bonchev–Trinajstić information content (AvgIpc) is 3.15. The van der Waals surface area contributed by atoms with E-state index in [-0.39, 0.29) is 30.0 Å². The molecular formula is C41H44N4O7. The normalized spacial score (nSPS) is 22.0. The molecule has 0 aliphatic carbocycles. The van der Waals surface area contributed by atoms with E-state index in [1.54, 1.807) is 27.2 Å². The molecule has 0 spiro atoms. The molecule has 4 aromatic carbocycles. The predicted octanol–water partition coefficient (Wildman–Crippen LogP) is 5.10. The Kier molecular flexibility index (Phi) is 9.25. The lowest BCUT2D eigenvalue weighted by atomic mass is 9.71. The lowest BCUT2D eigenvalue weighted by Gasteiger charge is -2.60. The third-order valence-electron chi connectivity index (χ3n) is 11.5. The number of rotatable bonds is 8. The van der Waals surface area contributed by atoms with Crippen molar-refractivity contribution in [3.63, 3.8) is 0 Å². The summed E-state index contributed by atoms with van der Waals surface area (Å²) in [6, 6.07) is 17.1. The summed E-state index contributed by atoms with van der Waals surface area (Å²) in [6.07, 6.45) is 0.754. The second-order valence-corrected chi connectivity index (χ2v) is 13.8. The van der Waals surface area contributed by atoms with Crippen LogP contribution in [0, 0.1) is 25.2 Å². The number of amides is 1. The number of benzene rings is 4. The fraction of sp³-hybridized carbons (Fsp3) is 0.366. The first-order valence-corrected chi connectivity index (χ1v) is 17.4. The van der Waals surface area contributed by atoms with E-state index in [1.807, 2.05) is 62.5 Å². The van der Waals surface area contributed by atoms with Crippen molar-refractivity contribution >= 4 is 5.91 Å². The molecule has 4 N–H and O–H groups in total. The summed E-state index contributed by atoms with van der Waals surface area (Å²) in [5.41, 5.74) is 6.51. The van der Waals surface area contributed by atoms with Crippen LogP contribution in [0.3, 0.4) is 0 Å². The zero-order chi connectivity index (χ0) is 37.0. The molecule has 7 rings (SSSR count). The number of nitrogens with zero attached hydrogens (tertiary/aromatic N) is 3. The molecule has 270 valence electrons. The Bertz CT molecular complexity index is 2100. The van der Waals surface area contributed by atoms with E-state index in [1.165, 1.54) is 7.11 Å². The number of aliphatic hydroxyl groups is 1. The highest BCUT2D eigenvalue weighted by molar-refractivity contribution is 6.00. The van der Waals surface area contributed by atoms with E-state index in [0.29, 0.717) is 63.5 Å². The number of aromatic hydroxyl groups is 2. The molecule has 11 heteroatoms. The van der Waals surface area contributed by atoms with Crippen LogP contribution in [0.25, 0.3) is 11.1 Å². The molecule has 3 aliphatic rings. The van der Waals surface area contributed by atoms with Gasteiger partial charge in [-0.2, -0.15) is 5.26 Å². The van der Waals surface area contributed by atoms with Gasteiger partial charge in [0, 0.05) is 63.1 Å². The molecule has 3 aliphatic heterocycles. The van der Waals surface area contributed by atoms with Crippen LogP contribution >= 0.6 is 0 Å². The lowest BCUT2D eigenvalue weighted by Crippen LogP contribution is -2.68. The van der Waals surface area contributed by atoms with Gasteiger partial charge in [-0.05, 0) is 50.9 Å². The molecule has 52 heavy (non-hydrogen) atoms. The number of likely N-dealkylation sites (N-methyl/N-ethyl adjacent to an activating group) is 1. The van der Waals surface area contributed by atoms with Crippen molar-refractivity contribution in [1.29, 1.82) is 5.26 Å². The predicted molar refractivity (Wildman–Crippen MR) is 195 cm³/mol. The summed E-state index contributed by atoms with van der Waals surface area (Å²) in [7, 11) is 6.65. The molecule has 2 bridgehead atoms. The Morgan fingerprint density at radius 3 is 2.13 bits per heavy atom. The largest absolute Gasteiger partial charge is 0.507 e. The number of aliphatic hydroxyl groups excluding tert-OH is 1. The van der Waals surface area contributed by atoms with Crippen molar-refractivity contribution in [2.45, 2.75) is 63.5 Å². The highest BCUT2D eigenvalue weighted by Gasteiger charge is 2.57. The number of hydrogen-bond acceptors (Lipinski definition) is 10. The Labute approximate surface area is 303 Å². The van der Waals surface area contributed by atoms with Crippen LogP contribution in [0.1, 0.15) is 61.4 Å². The quantitative estimate of drug-likeness (QED) is 0.195. The molecular weight excluding hydrogens is 660 g/mol. The van der Waals surface area contributed by atoms with Gasteiger partial charge in [0.25, 0.3) is 5.91 Å². The van der Waals surface area contributed by atoms with Gasteiger partial charge in [-0.25, -0.2) is 0 Å². The minimum atomic E-state index is -0.706. The van der Waals surface area contributed by atoms with E-state index in [2.05, 4.69) is 21.2 Å². The summed E-state index contributed by atoms with van der Waals surface area (Å²) >= 11 is 0. The maximum Gasteiger partial charge on any atom is 0.251 e. The van der Waals surface area contributed by atoms with E-state index in [4.69, 9.17) is 14.2 Å². The average molecular weight is 705 g/mol. The first-order valence-electron chi connectivity index (χ1n) is 17.4. The number of piperazine rings is 1. The number of carbonyl (C=O) groups is 1. The Balaban J connectivity index is 1.41. The maximum absolute atomic E-state index is 14.1. The lowest BCUT2D eigenvalue weighted by molar-refractivity contribution is -0.0724. The van der Waals surface area contributed by atoms with Crippen LogP contribution < -0.4 is 19.5 Å². The van der Waals surface area contributed by atoms with Crippen molar-refractivity contribution in [2.24, 2.45) is 0 Å². The molecule has 4 aromatic rings. The van der Waals surface area contributed by atoms with Gasteiger partial charge in [-0.1, -0.05) is 48.5 Å². The minimum Gasteiger partial charge on any atom is -0.507 e. The van der Waals surface area contributed by atoms with Crippen molar-refractivity contribution < 1.29 is 34.3 Å². The maximum atomic E-state index is 14.1. The van der Waals surface area contributed by atoms with Crippen LogP contribution in [-0.4, -0.2) is 84.1 Å². The number of carbonyl (C=O) groups excluding carboxylic acids is 1. The molecule has 1 saturated heterocycles. The molecule has 1 amide bonds. The molecule has 0 aromatic heterocycles. The summed E-state index contributed by atoms with van der Waals surface area (Å²) in [5.74, 6) is 1.11. The first-order chi connectivity index (χ1) is 25.1. The van der Waals surface area contributed by atoms with E-state index < -0.39 is 30.8 Å². The number of phenols is 2. The molecule has 5 atom stereocenters. The van der Waals surface area contributed by atoms with Crippen LogP contribution in [0.4, 0.5) is 0 Å². The third kappa shape index (κ3) is 5.16. The Morgan fingerprint density at radius 1 is 0.865 bits per heavy atom. The zero-order valence-electron chi connectivity index (χ0n) is 30.2. The highest BCUT2D eigenvalue weighted by Crippen LogP contribution is 2.58. The smallest absolute Gasteiger partial charge is 0.251 e. The Morgan fingerprint density at radius 2 is 1.48 bits per heavy atom. The fourth-order valence-electron chi connectivity index (χ4n) is 9.27. The molecule has 11 nitrogen and oxygen atoms in total. The molecule has 1 unspecified atom stereocenters. The van der Waals surface area contributed by atoms with Gasteiger partial charge in [-0.3, -0.25) is 14.6 Å². The molecule has 0 radical (unpaired) electrons. The fourth-order valence-corrected chi connectivity index (χ4v) is 9.27. The number of phenolic OH excluding ortho intramolecular Hbond substituents is 1. The van der Waals surface area contributed by atoms with Gasteiger partial charge in [0.2, 0.25) is 0 Å². The van der Waals surface area contributed by atoms with E-state index in [0.717, 1.165) is 22.3 Å². The molecule has 0 saturated carbocycles. The summed E-state index contributed by atoms with van der Waals surface area (Å²) in [5, 5.41) is 48.4. The van der Waals surface area contributed by atoms with Crippen molar-refractivity contribution in [3.8, 4) is 45.9 Å². The van der Waals surface area contributed by atoms with Crippen molar-refractivity contribution in [3.05, 3.63) is 99.1 Å². The monoisotopic (exact) mass is 704 g/mol. The topological polar surface area (TPSA) is 148 Å².